The summed E-state index contributed by atoms with van der Waals surface area (Å²) < 4.78 is 33.1. The minimum atomic E-state index is -3.50. The third-order valence-electron chi connectivity index (χ3n) is 3.09. The van der Waals surface area contributed by atoms with Crippen molar-refractivity contribution in [3.8, 4) is 5.75 Å². The van der Waals surface area contributed by atoms with Crippen molar-refractivity contribution in [2.24, 2.45) is 11.8 Å². The van der Waals surface area contributed by atoms with Crippen molar-refractivity contribution in [3.63, 3.8) is 0 Å². The third-order valence-corrected chi connectivity index (χ3v) is 4.30. The topological polar surface area (TPSA) is 52.6 Å². The zero-order valence-electron chi connectivity index (χ0n) is 12.0. The van der Waals surface area contributed by atoms with Crippen LogP contribution in [0.5, 0.6) is 5.75 Å². The average molecular weight is 321 g/mol. The molecule has 1 unspecified atom stereocenters. The Morgan fingerprint density at radius 2 is 2.00 bits per heavy atom. The van der Waals surface area contributed by atoms with Gasteiger partial charge in [0.15, 0.2) is 0 Å². The zero-order valence-corrected chi connectivity index (χ0v) is 13.6. The standard InChI is InChI=1S/C14H21ClO4S/c1-11(2)13(10-20(15,16)17)9-19-8-12-5-4-6-14(7-12)18-3/h4-7,11,13H,8-10H2,1-3H3. The van der Waals surface area contributed by atoms with Crippen LogP contribution in [-0.2, 0) is 20.4 Å². The SMILES string of the molecule is COc1cccc(COCC(CS(=O)(=O)Cl)C(C)C)c1. The summed E-state index contributed by atoms with van der Waals surface area (Å²) in [5.41, 5.74) is 0.987. The summed E-state index contributed by atoms with van der Waals surface area (Å²) in [4.78, 5) is 0. The van der Waals surface area contributed by atoms with Gasteiger partial charge in [-0.05, 0) is 29.5 Å². The summed E-state index contributed by atoms with van der Waals surface area (Å²) in [6, 6.07) is 7.58. The maximum Gasteiger partial charge on any atom is 0.232 e. The summed E-state index contributed by atoms with van der Waals surface area (Å²) in [6.45, 7) is 4.70. The Morgan fingerprint density at radius 1 is 1.30 bits per heavy atom. The summed E-state index contributed by atoms with van der Waals surface area (Å²) in [5, 5.41) is 0. The molecule has 1 aromatic carbocycles. The van der Waals surface area contributed by atoms with Crippen LogP contribution in [0.2, 0.25) is 0 Å². The number of methoxy groups -OCH3 is 1. The molecule has 0 aliphatic rings. The van der Waals surface area contributed by atoms with E-state index in [1.807, 2.05) is 38.1 Å². The van der Waals surface area contributed by atoms with Crippen LogP contribution in [0.4, 0.5) is 0 Å². The first-order chi connectivity index (χ1) is 9.31. The van der Waals surface area contributed by atoms with Gasteiger partial charge in [0.25, 0.3) is 0 Å². The molecule has 0 N–H and O–H groups in total. The molecular formula is C14H21ClO4S. The third kappa shape index (κ3) is 6.59. The first-order valence-corrected chi connectivity index (χ1v) is 8.92. The van der Waals surface area contributed by atoms with E-state index in [1.54, 1.807) is 7.11 Å². The lowest BCUT2D eigenvalue weighted by atomic mass is 9.99. The van der Waals surface area contributed by atoms with E-state index in [0.717, 1.165) is 11.3 Å². The van der Waals surface area contributed by atoms with E-state index in [4.69, 9.17) is 20.2 Å². The molecule has 20 heavy (non-hydrogen) atoms. The van der Waals surface area contributed by atoms with Crippen LogP contribution < -0.4 is 4.74 Å². The molecule has 1 aromatic rings. The van der Waals surface area contributed by atoms with E-state index in [0.29, 0.717) is 13.2 Å². The Kier molecular flexibility index (Phi) is 6.79. The second-order valence-electron chi connectivity index (χ2n) is 5.08. The molecule has 1 atom stereocenters. The highest BCUT2D eigenvalue weighted by atomic mass is 35.7. The summed E-state index contributed by atoms with van der Waals surface area (Å²) in [6.07, 6.45) is 0. The molecule has 0 spiro atoms. The lowest BCUT2D eigenvalue weighted by Gasteiger charge is -2.19. The lowest BCUT2D eigenvalue weighted by molar-refractivity contribution is 0.0790. The van der Waals surface area contributed by atoms with Crippen LogP contribution in [0.3, 0.4) is 0 Å². The van der Waals surface area contributed by atoms with Crippen molar-refractivity contribution in [2.75, 3.05) is 19.5 Å². The van der Waals surface area contributed by atoms with Gasteiger partial charge < -0.3 is 9.47 Å². The second-order valence-corrected chi connectivity index (χ2v) is 7.90. The minimum absolute atomic E-state index is 0.0651. The van der Waals surface area contributed by atoms with Gasteiger partial charge in [0, 0.05) is 10.7 Å². The van der Waals surface area contributed by atoms with Gasteiger partial charge in [-0.3, -0.25) is 0 Å². The zero-order chi connectivity index (χ0) is 15.2. The first kappa shape index (κ1) is 17.3. The van der Waals surface area contributed by atoms with Crippen LogP contribution in [0.1, 0.15) is 19.4 Å². The van der Waals surface area contributed by atoms with E-state index in [9.17, 15) is 8.42 Å². The molecule has 6 heteroatoms. The first-order valence-electron chi connectivity index (χ1n) is 6.45. The molecular weight excluding hydrogens is 300 g/mol. The van der Waals surface area contributed by atoms with Crippen molar-refractivity contribution in [3.05, 3.63) is 29.8 Å². The Labute approximate surface area is 125 Å². The monoisotopic (exact) mass is 320 g/mol. The molecule has 0 amide bonds. The van der Waals surface area contributed by atoms with Crippen LogP contribution >= 0.6 is 10.7 Å². The fraction of sp³-hybridized carbons (Fsp3) is 0.571. The molecule has 4 nitrogen and oxygen atoms in total. The number of halogens is 1. The van der Waals surface area contributed by atoms with E-state index in [-0.39, 0.29) is 17.6 Å². The molecule has 0 saturated heterocycles. The summed E-state index contributed by atoms with van der Waals surface area (Å²) in [7, 11) is 3.42. The molecule has 0 bridgehead atoms. The number of ether oxygens (including phenoxy) is 2. The molecule has 1 rings (SSSR count). The number of hydrogen-bond acceptors (Lipinski definition) is 4. The quantitative estimate of drug-likeness (QED) is 0.691. The predicted molar refractivity (Wildman–Crippen MR) is 80.6 cm³/mol. The van der Waals surface area contributed by atoms with Gasteiger partial charge in [-0.2, -0.15) is 0 Å². The van der Waals surface area contributed by atoms with Crippen molar-refractivity contribution in [2.45, 2.75) is 20.5 Å². The van der Waals surface area contributed by atoms with Crippen molar-refractivity contribution in [1.29, 1.82) is 0 Å². The normalized spacial score (nSPS) is 13.4. The fourth-order valence-electron chi connectivity index (χ4n) is 1.78. The van der Waals surface area contributed by atoms with Crippen LogP contribution in [-0.4, -0.2) is 27.9 Å². The van der Waals surface area contributed by atoms with E-state index in [2.05, 4.69) is 0 Å². The smallest absolute Gasteiger partial charge is 0.232 e. The predicted octanol–water partition coefficient (Wildman–Crippen LogP) is 3.05. The molecule has 0 radical (unpaired) electrons. The van der Waals surface area contributed by atoms with E-state index < -0.39 is 9.05 Å². The maximum atomic E-state index is 11.2. The highest BCUT2D eigenvalue weighted by molar-refractivity contribution is 8.13. The second kappa shape index (κ2) is 7.86. The van der Waals surface area contributed by atoms with Crippen LogP contribution in [0.15, 0.2) is 24.3 Å². The molecule has 0 aromatic heterocycles. The van der Waals surface area contributed by atoms with Gasteiger partial charge in [0.2, 0.25) is 9.05 Å². The molecule has 0 fully saturated rings. The number of rotatable bonds is 8. The van der Waals surface area contributed by atoms with Gasteiger partial charge >= 0.3 is 0 Å². The lowest BCUT2D eigenvalue weighted by Crippen LogP contribution is -2.23. The van der Waals surface area contributed by atoms with Crippen molar-refractivity contribution >= 4 is 19.7 Å². The highest BCUT2D eigenvalue weighted by Crippen LogP contribution is 2.18. The van der Waals surface area contributed by atoms with Crippen LogP contribution in [0, 0.1) is 11.8 Å². The molecule has 0 aliphatic carbocycles. The van der Waals surface area contributed by atoms with Gasteiger partial charge in [0.05, 0.1) is 26.1 Å². The largest absolute Gasteiger partial charge is 0.497 e. The number of hydrogen-bond donors (Lipinski definition) is 0. The Balaban J connectivity index is 2.51. The maximum absolute atomic E-state index is 11.2. The Hall–Kier alpha value is -0.780. The Morgan fingerprint density at radius 3 is 2.55 bits per heavy atom. The van der Waals surface area contributed by atoms with E-state index in [1.165, 1.54) is 0 Å². The van der Waals surface area contributed by atoms with E-state index >= 15 is 0 Å². The van der Waals surface area contributed by atoms with Gasteiger partial charge in [-0.1, -0.05) is 26.0 Å². The summed E-state index contributed by atoms with van der Waals surface area (Å²) >= 11 is 0. The van der Waals surface area contributed by atoms with Crippen molar-refractivity contribution < 1.29 is 17.9 Å². The molecule has 0 heterocycles. The van der Waals surface area contributed by atoms with Crippen LogP contribution in [0.25, 0.3) is 0 Å². The van der Waals surface area contributed by atoms with Crippen molar-refractivity contribution in [1.82, 2.24) is 0 Å². The molecule has 0 aliphatic heterocycles. The Bertz CT molecular complexity index is 514. The number of benzene rings is 1. The highest BCUT2D eigenvalue weighted by Gasteiger charge is 2.20. The fourth-order valence-corrected chi connectivity index (χ4v) is 3.26. The van der Waals surface area contributed by atoms with Gasteiger partial charge in [-0.15, -0.1) is 0 Å². The average Bonchev–Trinajstić information content (AvgIpc) is 2.36. The van der Waals surface area contributed by atoms with Gasteiger partial charge in [0.1, 0.15) is 5.75 Å². The minimum Gasteiger partial charge on any atom is -0.497 e. The molecule has 0 saturated carbocycles. The molecule has 114 valence electrons. The van der Waals surface area contributed by atoms with Gasteiger partial charge in [-0.25, -0.2) is 8.42 Å². The summed E-state index contributed by atoms with van der Waals surface area (Å²) in [5.74, 6) is 0.788.